The number of piperazine rings is 1. The molecule has 1 aliphatic rings. The molecule has 0 aliphatic carbocycles. The summed E-state index contributed by atoms with van der Waals surface area (Å²) >= 11 is 5.76. The van der Waals surface area contributed by atoms with Crippen LogP contribution in [0.25, 0.3) is 0 Å². The molecule has 0 bridgehead atoms. The van der Waals surface area contributed by atoms with Gasteiger partial charge >= 0.3 is 0 Å². The van der Waals surface area contributed by atoms with Crippen LogP contribution < -0.4 is 5.56 Å². The Labute approximate surface area is 150 Å². The topological polar surface area (TPSA) is 73.5 Å². The number of pyridine rings is 1. The SMILES string of the molecule is Cc1ccc(CN2CCN(C(=O)c3c[nH]c(=O)c(Cl)c3)CC2=O)cc1. The zero-order valence-corrected chi connectivity index (χ0v) is 14.5. The molecule has 25 heavy (non-hydrogen) atoms. The van der Waals surface area contributed by atoms with Crippen LogP contribution >= 0.6 is 11.6 Å². The number of aromatic nitrogens is 1. The van der Waals surface area contributed by atoms with E-state index in [1.54, 1.807) is 4.90 Å². The van der Waals surface area contributed by atoms with Gasteiger partial charge in [0.05, 0.1) is 5.56 Å². The molecule has 7 heteroatoms. The highest BCUT2D eigenvalue weighted by atomic mass is 35.5. The Balaban J connectivity index is 1.65. The molecule has 1 aliphatic heterocycles. The van der Waals surface area contributed by atoms with Gasteiger partial charge in [0, 0.05) is 25.8 Å². The van der Waals surface area contributed by atoms with E-state index in [1.165, 1.54) is 22.7 Å². The molecule has 1 N–H and O–H groups in total. The highest BCUT2D eigenvalue weighted by Gasteiger charge is 2.28. The molecular weight excluding hydrogens is 342 g/mol. The predicted molar refractivity (Wildman–Crippen MR) is 94.6 cm³/mol. The second-order valence-electron chi connectivity index (χ2n) is 6.09. The van der Waals surface area contributed by atoms with Crippen LogP contribution in [0, 0.1) is 6.92 Å². The number of benzene rings is 1. The Kier molecular flexibility index (Phi) is 4.90. The Hall–Kier alpha value is -2.60. The molecule has 0 saturated carbocycles. The van der Waals surface area contributed by atoms with E-state index in [-0.39, 0.29) is 28.9 Å². The fourth-order valence-electron chi connectivity index (χ4n) is 2.72. The number of rotatable bonds is 3. The molecule has 1 saturated heterocycles. The fourth-order valence-corrected chi connectivity index (χ4v) is 2.90. The van der Waals surface area contributed by atoms with Crippen LogP contribution in [-0.2, 0) is 11.3 Å². The molecule has 1 aromatic carbocycles. The van der Waals surface area contributed by atoms with Crippen LogP contribution in [0.1, 0.15) is 21.5 Å². The van der Waals surface area contributed by atoms with Crippen LogP contribution in [0.5, 0.6) is 0 Å². The minimum Gasteiger partial charge on any atom is -0.335 e. The number of hydrogen-bond acceptors (Lipinski definition) is 3. The largest absolute Gasteiger partial charge is 0.335 e. The third-order valence-electron chi connectivity index (χ3n) is 4.20. The number of nitrogens with one attached hydrogen (secondary N) is 1. The Morgan fingerprint density at radius 2 is 1.92 bits per heavy atom. The van der Waals surface area contributed by atoms with Crippen molar-refractivity contribution >= 4 is 23.4 Å². The number of aryl methyl sites for hydroxylation is 1. The van der Waals surface area contributed by atoms with Crippen LogP contribution in [0.4, 0.5) is 0 Å². The van der Waals surface area contributed by atoms with E-state index in [1.807, 2.05) is 31.2 Å². The molecular formula is C18H18ClN3O3. The number of aromatic amines is 1. The van der Waals surface area contributed by atoms with Gasteiger partial charge in [-0.25, -0.2) is 0 Å². The summed E-state index contributed by atoms with van der Waals surface area (Å²) in [6, 6.07) is 9.36. The summed E-state index contributed by atoms with van der Waals surface area (Å²) < 4.78 is 0. The molecule has 0 unspecified atom stereocenters. The highest BCUT2D eigenvalue weighted by Crippen LogP contribution is 2.14. The number of hydrogen-bond donors (Lipinski definition) is 1. The first-order valence-electron chi connectivity index (χ1n) is 7.95. The number of amides is 2. The lowest BCUT2D eigenvalue weighted by Gasteiger charge is -2.34. The number of nitrogens with zero attached hydrogens (tertiary/aromatic N) is 2. The van der Waals surface area contributed by atoms with Gasteiger partial charge in [0.1, 0.15) is 11.6 Å². The van der Waals surface area contributed by atoms with Gasteiger partial charge < -0.3 is 14.8 Å². The molecule has 130 valence electrons. The molecule has 2 amide bonds. The third kappa shape index (κ3) is 3.91. The standard InChI is InChI=1S/C18H18ClN3O3/c1-12-2-4-13(5-3-12)10-21-6-7-22(11-16(21)23)18(25)14-8-15(19)17(24)20-9-14/h2-5,8-9H,6-7,10-11H2,1H3,(H,20,24). The smallest absolute Gasteiger partial charge is 0.266 e. The van der Waals surface area contributed by atoms with Gasteiger partial charge in [-0.15, -0.1) is 0 Å². The van der Waals surface area contributed by atoms with E-state index in [9.17, 15) is 14.4 Å². The van der Waals surface area contributed by atoms with E-state index in [0.717, 1.165) is 5.56 Å². The van der Waals surface area contributed by atoms with Crippen molar-refractivity contribution in [3.05, 3.63) is 68.6 Å². The van der Waals surface area contributed by atoms with Crippen molar-refractivity contribution in [3.63, 3.8) is 0 Å². The van der Waals surface area contributed by atoms with E-state index < -0.39 is 5.56 Å². The summed E-state index contributed by atoms with van der Waals surface area (Å²) in [5.41, 5.74) is 2.05. The first-order valence-corrected chi connectivity index (χ1v) is 8.32. The minimum absolute atomic E-state index is 0.0153. The predicted octanol–water partition coefficient (Wildman–Crippen LogP) is 1.82. The number of H-pyrrole nitrogens is 1. The molecule has 2 heterocycles. The summed E-state index contributed by atoms with van der Waals surface area (Å²) in [6.45, 7) is 3.47. The fraction of sp³-hybridized carbons (Fsp3) is 0.278. The quantitative estimate of drug-likeness (QED) is 0.908. The first-order chi connectivity index (χ1) is 11.9. The molecule has 0 atom stereocenters. The maximum absolute atomic E-state index is 12.5. The summed E-state index contributed by atoms with van der Waals surface area (Å²) in [4.78, 5) is 41.8. The lowest BCUT2D eigenvalue weighted by molar-refractivity contribution is -0.135. The minimum atomic E-state index is -0.447. The van der Waals surface area contributed by atoms with E-state index in [0.29, 0.717) is 19.6 Å². The van der Waals surface area contributed by atoms with Crippen LogP contribution in [0.3, 0.4) is 0 Å². The lowest BCUT2D eigenvalue weighted by atomic mass is 10.1. The third-order valence-corrected chi connectivity index (χ3v) is 4.49. The zero-order chi connectivity index (χ0) is 18.0. The average Bonchev–Trinajstić information content (AvgIpc) is 2.60. The second-order valence-corrected chi connectivity index (χ2v) is 6.50. The van der Waals surface area contributed by atoms with Gasteiger partial charge in [0.25, 0.3) is 11.5 Å². The van der Waals surface area contributed by atoms with Crippen molar-refractivity contribution in [2.45, 2.75) is 13.5 Å². The van der Waals surface area contributed by atoms with E-state index >= 15 is 0 Å². The molecule has 0 radical (unpaired) electrons. The van der Waals surface area contributed by atoms with Gasteiger partial charge in [-0.2, -0.15) is 0 Å². The Morgan fingerprint density at radius 1 is 1.20 bits per heavy atom. The number of carbonyl (C=O) groups is 2. The monoisotopic (exact) mass is 359 g/mol. The molecule has 1 aromatic heterocycles. The van der Waals surface area contributed by atoms with Crippen LogP contribution in [0.2, 0.25) is 5.02 Å². The van der Waals surface area contributed by atoms with Crippen LogP contribution in [-0.4, -0.2) is 46.2 Å². The lowest BCUT2D eigenvalue weighted by Crippen LogP contribution is -2.51. The van der Waals surface area contributed by atoms with Gasteiger partial charge in [0.2, 0.25) is 5.91 Å². The Bertz CT molecular complexity index is 861. The summed E-state index contributed by atoms with van der Waals surface area (Å²) in [5.74, 6) is -0.419. The van der Waals surface area contributed by atoms with Gasteiger partial charge in [-0.05, 0) is 18.6 Å². The van der Waals surface area contributed by atoms with Crippen molar-refractivity contribution in [2.75, 3.05) is 19.6 Å². The molecule has 1 fully saturated rings. The zero-order valence-electron chi connectivity index (χ0n) is 13.8. The number of carbonyl (C=O) groups excluding carboxylic acids is 2. The van der Waals surface area contributed by atoms with Gasteiger partial charge in [-0.1, -0.05) is 41.4 Å². The van der Waals surface area contributed by atoms with Crippen molar-refractivity contribution in [2.24, 2.45) is 0 Å². The second kappa shape index (κ2) is 7.11. The van der Waals surface area contributed by atoms with Crippen LogP contribution in [0.15, 0.2) is 41.3 Å². The summed E-state index contributed by atoms with van der Waals surface area (Å²) in [5, 5.41) is -0.0461. The maximum Gasteiger partial charge on any atom is 0.266 e. The van der Waals surface area contributed by atoms with Crippen molar-refractivity contribution in [3.8, 4) is 0 Å². The molecule has 6 nitrogen and oxygen atoms in total. The van der Waals surface area contributed by atoms with Crippen molar-refractivity contribution in [1.29, 1.82) is 0 Å². The van der Waals surface area contributed by atoms with Gasteiger partial charge in [-0.3, -0.25) is 14.4 Å². The molecule has 0 spiro atoms. The summed E-state index contributed by atoms with van der Waals surface area (Å²) in [7, 11) is 0. The highest BCUT2D eigenvalue weighted by molar-refractivity contribution is 6.30. The number of halogens is 1. The van der Waals surface area contributed by atoms with E-state index in [4.69, 9.17) is 11.6 Å². The normalized spacial score (nSPS) is 14.7. The van der Waals surface area contributed by atoms with Crippen molar-refractivity contribution in [1.82, 2.24) is 14.8 Å². The maximum atomic E-state index is 12.5. The average molecular weight is 360 g/mol. The first kappa shape index (κ1) is 17.2. The Morgan fingerprint density at radius 3 is 2.56 bits per heavy atom. The molecule has 2 aromatic rings. The molecule has 3 rings (SSSR count). The summed E-state index contributed by atoms with van der Waals surface area (Å²) in [6.07, 6.45) is 1.32. The van der Waals surface area contributed by atoms with Crippen molar-refractivity contribution < 1.29 is 9.59 Å². The van der Waals surface area contributed by atoms with E-state index in [2.05, 4.69) is 4.98 Å². The van der Waals surface area contributed by atoms with Gasteiger partial charge in [0.15, 0.2) is 0 Å².